The van der Waals surface area contributed by atoms with Gasteiger partial charge in [-0.05, 0) is 37.6 Å². The van der Waals surface area contributed by atoms with Gasteiger partial charge in [0.25, 0.3) is 5.91 Å². The first-order valence-corrected chi connectivity index (χ1v) is 8.60. The van der Waals surface area contributed by atoms with E-state index in [-0.39, 0.29) is 18.1 Å². The SMILES string of the molecule is CCOc1cc(=O)c(C(=O)NCc2cccnc2)nn1-c1ccc(C)cc1. The topological polar surface area (TPSA) is 86.1 Å². The minimum absolute atomic E-state index is 0.192. The van der Waals surface area contributed by atoms with E-state index in [4.69, 9.17) is 4.74 Å². The summed E-state index contributed by atoms with van der Waals surface area (Å²) >= 11 is 0. The number of amides is 1. The van der Waals surface area contributed by atoms with Crippen LogP contribution in [0.25, 0.3) is 5.69 Å². The van der Waals surface area contributed by atoms with Crippen LogP contribution in [0.15, 0.2) is 59.7 Å². The number of carbonyl (C=O) groups excluding carboxylic acids is 1. The van der Waals surface area contributed by atoms with Crippen LogP contribution in [0, 0.1) is 6.92 Å². The summed E-state index contributed by atoms with van der Waals surface area (Å²) in [6, 6.07) is 12.5. The number of hydrogen-bond donors (Lipinski definition) is 1. The lowest BCUT2D eigenvalue weighted by atomic mass is 10.2. The van der Waals surface area contributed by atoms with Crippen molar-refractivity contribution >= 4 is 5.91 Å². The predicted octanol–water partition coefficient (Wildman–Crippen LogP) is 2.26. The number of carbonyl (C=O) groups is 1. The molecule has 2 aromatic heterocycles. The number of ether oxygens (including phenoxy) is 1. The maximum Gasteiger partial charge on any atom is 0.276 e. The molecule has 0 fully saturated rings. The van der Waals surface area contributed by atoms with Gasteiger partial charge in [0, 0.05) is 18.9 Å². The van der Waals surface area contributed by atoms with Gasteiger partial charge in [-0.2, -0.15) is 5.10 Å². The summed E-state index contributed by atoms with van der Waals surface area (Å²) in [5.41, 5.74) is 1.93. The molecule has 1 aromatic carbocycles. The molecule has 0 saturated heterocycles. The van der Waals surface area contributed by atoms with Crippen molar-refractivity contribution in [3.05, 3.63) is 81.9 Å². The van der Waals surface area contributed by atoms with E-state index >= 15 is 0 Å². The number of rotatable bonds is 6. The second kappa shape index (κ2) is 8.27. The highest BCUT2D eigenvalue weighted by Gasteiger charge is 2.17. The van der Waals surface area contributed by atoms with Crippen LogP contribution < -0.4 is 15.5 Å². The van der Waals surface area contributed by atoms with Gasteiger partial charge >= 0.3 is 0 Å². The van der Waals surface area contributed by atoms with Gasteiger partial charge in [-0.1, -0.05) is 23.8 Å². The van der Waals surface area contributed by atoms with Crippen molar-refractivity contribution in [3.63, 3.8) is 0 Å². The van der Waals surface area contributed by atoms with Crippen molar-refractivity contribution in [2.45, 2.75) is 20.4 Å². The smallest absolute Gasteiger partial charge is 0.276 e. The summed E-state index contributed by atoms with van der Waals surface area (Å²) in [6.07, 6.45) is 3.30. The van der Waals surface area contributed by atoms with Crippen molar-refractivity contribution in [2.75, 3.05) is 6.61 Å². The van der Waals surface area contributed by atoms with Gasteiger partial charge in [0.05, 0.1) is 18.4 Å². The van der Waals surface area contributed by atoms with Crippen LogP contribution in [0.4, 0.5) is 0 Å². The van der Waals surface area contributed by atoms with Crippen molar-refractivity contribution < 1.29 is 9.53 Å². The van der Waals surface area contributed by atoms with Crippen molar-refractivity contribution in [1.82, 2.24) is 20.1 Å². The molecule has 0 aliphatic heterocycles. The molecule has 1 N–H and O–H groups in total. The van der Waals surface area contributed by atoms with Crippen LogP contribution in [0.5, 0.6) is 5.88 Å². The highest BCUT2D eigenvalue weighted by molar-refractivity contribution is 5.92. The Kier molecular flexibility index (Phi) is 5.61. The molecular weight excluding hydrogens is 344 g/mol. The zero-order valence-electron chi connectivity index (χ0n) is 15.2. The molecule has 0 atom stereocenters. The standard InChI is InChI=1S/C20H20N4O3/c1-3-27-18-11-17(25)19(20(26)22-13-15-5-4-10-21-12-15)23-24(18)16-8-6-14(2)7-9-16/h4-12H,3,13H2,1-2H3,(H,22,26). The van der Waals surface area contributed by atoms with Gasteiger partial charge in [-0.3, -0.25) is 14.6 Å². The summed E-state index contributed by atoms with van der Waals surface area (Å²) in [6.45, 7) is 4.42. The quantitative estimate of drug-likeness (QED) is 0.725. The minimum Gasteiger partial charge on any atom is -0.478 e. The molecule has 0 radical (unpaired) electrons. The van der Waals surface area contributed by atoms with E-state index in [1.54, 1.807) is 18.5 Å². The molecule has 1 amide bonds. The molecule has 138 valence electrons. The fourth-order valence-corrected chi connectivity index (χ4v) is 2.49. The fraction of sp³-hybridized carbons (Fsp3) is 0.200. The molecule has 2 heterocycles. The van der Waals surface area contributed by atoms with Gasteiger partial charge in [0.1, 0.15) is 0 Å². The first-order valence-electron chi connectivity index (χ1n) is 8.60. The first kappa shape index (κ1) is 18.3. The second-order valence-electron chi connectivity index (χ2n) is 5.92. The first-order chi connectivity index (χ1) is 13.1. The Bertz CT molecular complexity index is 982. The van der Waals surface area contributed by atoms with E-state index in [1.807, 2.05) is 44.2 Å². The molecule has 0 spiro atoms. The molecule has 0 saturated carbocycles. The zero-order valence-corrected chi connectivity index (χ0v) is 15.2. The third kappa shape index (κ3) is 4.38. The lowest BCUT2D eigenvalue weighted by Gasteiger charge is -2.14. The van der Waals surface area contributed by atoms with Gasteiger partial charge in [-0.25, -0.2) is 4.68 Å². The van der Waals surface area contributed by atoms with Crippen LogP contribution in [0.2, 0.25) is 0 Å². The lowest BCUT2D eigenvalue weighted by molar-refractivity contribution is 0.0942. The predicted molar refractivity (Wildman–Crippen MR) is 101 cm³/mol. The molecule has 0 unspecified atom stereocenters. The van der Waals surface area contributed by atoms with Gasteiger partial charge < -0.3 is 10.1 Å². The Morgan fingerprint density at radius 2 is 2.00 bits per heavy atom. The Morgan fingerprint density at radius 1 is 1.22 bits per heavy atom. The summed E-state index contributed by atoms with van der Waals surface area (Å²) in [7, 11) is 0. The van der Waals surface area contributed by atoms with E-state index in [0.29, 0.717) is 12.3 Å². The van der Waals surface area contributed by atoms with Gasteiger partial charge in [0.2, 0.25) is 11.3 Å². The van der Waals surface area contributed by atoms with E-state index in [1.165, 1.54) is 10.7 Å². The fourth-order valence-electron chi connectivity index (χ4n) is 2.49. The summed E-state index contributed by atoms with van der Waals surface area (Å²) < 4.78 is 6.99. The number of nitrogens with one attached hydrogen (secondary N) is 1. The molecular formula is C20H20N4O3. The number of benzene rings is 1. The summed E-state index contributed by atoms with van der Waals surface area (Å²) in [5, 5.41) is 6.95. The lowest BCUT2D eigenvalue weighted by Crippen LogP contribution is -2.31. The molecule has 0 aliphatic rings. The van der Waals surface area contributed by atoms with Crippen LogP contribution in [0.1, 0.15) is 28.5 Å². The minimum atomic E-state index is -0.548. The van der Waals surface area contributed by atoms with E-state index in [9.17, 15) is 9.59 Å². The normalized spacial score (nSPS) is 10.4. The van der Waals surface area contributed by atoms with Crippen molar-refractivity contribution in [1.29, 1.82) is 0 Å². The summed E-state index contributed by atoms with van der Waals surface area (Å²) in [4.78, 5) is 28.9. The number of nitrogens with zero attached hydrogens (tertiary/aromatic N) is 3. The zero-order chi connectivity index (χ0) is 19.2. The molecule has 27 heavy (non-hydrogen) atoms. The molecule has 0 bridgehead atoms. The van der Waals surface area contributed by atoms with E-state index in [0.717, 1.165) is 11.1 Å². The number of aryl methyl sites for hydroxylation is 1. The van der Waals surface area contributed by atoms with Gasteiger partial charge in [0.15, 0.2) is 5.69 Å². The summed E-state index contributed by atoms with van der Waals surface area (Å²) in [5.74, 6) is -0.261. The largest absolute Gasteiger partial charge is 0.478 e. The Labute approximate surface area is 156 Å². The molecule has 7 heteroatoms. The Morgan fingerprint density at radius 3 is 2.67 bits per heavy atom. The van der Waals surface area contributed by atoms with Crippen molar-refractivity contribution in [2.24, 2.45) is 0 Å². The van der Waals surface area contributed by atoms with Crippen LogP contribution >= 0.6 is 0 Å². The number of hydrogen-bond acceptors (Lipinski definition) is 5. The van der Waals surface area contributed by atoms with Crippen molar-refractivity contribution in [3.8, 4) is 11.6 Å². The number of aromatic nitrogens is 3. The highest BCUT2D eigenvalue weighted by atomic mass is 16.5. The maximum absolute atomic E-state index is 12.5. The van der Waals surface area contributed by atoms with Crippen LogP contribution in [-0.2, 0) is 6.54 Å². The molecule has 7 nitrogen and oxygen atoms in total. The Hall–Kier alpha value is -3.48. The number of pyridine rings is 1. The Balaban J connectivity index is 1.93. The monoisotopic (exact) mass is 364 g/mol. The van der Waals surface area contributed by atoms with Crippen LogP contribution in [-0.4, -0.2) is 27.3 Å². The average molecular weight is 364 g/mol. The molecule has 3 rings (SSSR count). The van der Waals surface area contributed by atoms with Crippen LogP contribution in [0.3, 0.4) is 0 Å². The third-order valence-corrected chi connectivity index (χ3v) is 3.86. The highest BCUT2D eigenvalue weighted by Crippen LogP contribution is 2.16. The van der Waals surface area contributed by atoms with Gasteiger partial charge in [-0.15, -0.1) is 0 Å². The maximum atomic E-state index is 12.5. The molecule has 0 aliphatic carbocycles. The van der Waals surface area contributed by atoms with E-state index < -0.39 is 11.3 Å². The van der Waals surface area contributed by atoms with E-state index in [2.05, 4.69) is 15.4 Å². The second-order valence-corrected chi connectivity index (χ2v) is 5.92. The third-order valence-electron chi connectivity index (χ3n) is 3.86. The molecule has 3 aromatic rings. The average Bonchev–Trinajstić information content (AvgIpc) is 2.68.